The molecule has 1 aliphatic heterocycles. The van der Waals surface area contributed by atoms with Crippen LogP contribution in [-0.2, 0) is 9.53 Å². The predicted molar refractivity (Wildman–Crippen MR) is 104 cm³/mol. The number of anilines is 1. The fourth-order valence-corrected chi connectivity index (χ4v) is 2.85. The summed E-state index contributed by atoms with van der Waals surface area (Å²) in [5.41, 5.74) is 0.553. The van der Waals surface area contributed by atoms with E-state index in [-0.39, 0.29) is 30.7 Å². The minimum atomic E-state index is -0.642. The van der Waals surface area contributed by atoms with Gasteiger partial charge in [-0.2, -0.15) is 0 Å². The topological polar surface area (TPSA) is 53.6 Å². The summed E-state index contributed by atoms with van der Waals surface area (Å²) in [6.45, 7) is 3.25. The molecular weight excluding hydrogens is 349 g/mol. The maximum atomic E-state index is 12.4. The average Bonchev–Trinajstić information content (AvgIpc) is 2.59. The first-order chi connectivity index (χ1) is 10.7. The largest absolute Gasteiger partial charge is 0.375 e. The Kier molecular flexibility index (Phi) is 11.0. The number of carbonyl (C=O) groups is 1. The van der Waals surface area contributed by atoms with E-state index >= 15 is 0 Å². The quantitative estimate of drug-likeness (QED) is 0.715. The SMILES string of the molecule is COC1(C(=O)NCCCN(C)c2ccccc2)CCNCC1.Cl.Cl. The first kappa shape index (κ1) is 23.0. The van der Waals surface area contributed by atoms with Gasteiger partial charge in [-0.15, -0.1) is 24.8 Å². The van der Waals surface area contributed by atoms with Crippen LogP contribution in [0.15, 0.2) is 30.3 Å². The average molecular weight is 378 g/mol. The lowest BCUT2D eigenvalue weighted by Crippen LogP contribution is -2.54. The van der Waals surface area contributed by atoms with Crippen molar-refractivity contribution in [1.82, 2.24) is 10.6 Å². The number of piperidine rings is 1. The van der Waals surface area contributed by atoms with Crippen LogP contribution < -0.4 is 15.5 Å². The third-order valence-corrected chi connectivity index (χ3v) is 4.37. The second-order valence-electron chi connectivity index (χ2n) is 5.81. The number of hydrogen-bond donors (Lipinski definition) is 2. The number of benzene rings is 1. The van der Waals surface area contributed by atoms with Crippen LogP contribution >= 0.6 is 24.8 Å². The molecule has 1 amide bonds. The van der Waals surface area contributed by atoms with E-state index < -0.39 is 5.60 Å². The fraction of sp³-hybridized carbons (Fsp3) is 0.588. The molecule has 1 aliphatic rings. The number of amides is 1. The maximum Gasteiger partial charge on any atom is 0.252 e. The lowest BCUT2D eigenvalue weighted by atomic mass is 9.91. The third kappa shape index (κ3) is 6.13. The van der Waals surface area contributed by atoms with E-state index in [2.05, 4.69) is 34.7 Å². The van der Waals surface area contributed by atoms with Gasteiger partial charge in [-0.25, -0.2) is 0 Å². The maximum absolute atomic E-state index is 12.4. The van der Waals surface area contributed by atoms with Crippen LogP contribution in [0.4, 0.5) is 5.69 Å². The van der Waals surface area contributed by atoms with Crippen molar-refractivity contribution in [3.63, 3.8) is 0 Å². The molecule has 0 atom stereocenters. The second-order valence-corrected chi connectivity index (χ2v) is 5.81. The molecule has 138 valence electrons. The zero-order valence-corrected chi connectivity index (χ0v) is 16.0. The van der Waals surface area contributed by atoms with Gasteiger partial charge in [0.15, 0.2) is 0 Å². The van der Waals surface area contributed by atoms with Crippen molar-refractivity contribution in [3.05, 3.63) is 30.3 Å². The molecule has 24 heavy (non-hydrogen) atoms. The molecule has 1 aromatic carbocycles. The van der Waals surface area contributed by atoms with Gasteiger partial charge in [0.2, 0.25) is 0 Å². The van der Waals surface area contributed by atoms with Crippen LogP contribution in [0.5, 0.6) is 0 Å². The van der Waals surface area contributed by atoms with Crippen molar-refractivity contribution in [1.29, 1.82) is 0 Å². The minimum absolute atomic E-state index is 0. The van der Waals surface area contributed by atoms with Crippen molar-refractivity contribution in [3.8, 4) is 0 Å². The van der Waals surface area contributed by atoms with E-state index in [0.29, 0.717) is 6.54 Å². The van der Waals surface area contributed by atoms with Gasteiger partial charge in [0.25, 0.3) is 5.91 Å². The van der Waals surface area contributed by atoms with Gasteiger partial charge in [0, 0.05) is 32.9 Å². The van der Waals surface area contributed by atoms with Crippen LogP contribution in [0.1, 0.15) is 19.3 Å². The van der Waals surface area contributed by atoms with Gasteiger partial charge >= 0.3 is 0 Å². The van der Waals surface area contributed by atoms with E-state index in [1.54, 1.807) is 7.11 Å². The minimum Gasteiger partial charge on any atom is -0.375 e. The number of carbonyl (C=O) groups excluding carboxylic acids is 1. The molecule has 7 heteroatoms. The summed E-state index contributed by atoms with van der Waals surface area (Å²) in [5, 5.41) is 6.29. The molecule has 1 aromatic rings. The first-order valence-electron chi connectivity index (χ1n) is 7.98. The number of halogens is 2. The number of rotatable bonds is 7. The Bertz CT molecular complexity index is 468. The number of ether oxygens (including phenoxy) is 1. The Morgan fingerprint density at radius 2 is 1.88 bits per heavy atom. The highest BCUT2D eigenvalue weighted by atomic mass is 35.5. The summed E-state index contributed by atoms with van der Waals surface area (Å²) in [6.07, 6.45) is 2.38. The van der Waals surface area contributed by atoms with E-state index in [1.165, 1.54) is 5.69 Å². The summed E-state index contributed by atoms with van der Waals surface area (Å²) in [4.78, 5) is 14.6. The highest BCUT2D eigenvalue weighted by Gasteiger charge is 2.39. The van der Waals surface area contributed by atoms with E-state index in [0.717, 1.165) is 38.9 Å². The van der Waals surface area contributed by atoms with Crippen LogP contribution in [0.3, 0.4) is 0 Å². The Morgan fingerprint density at radius 1 is 1.25 bits per heavy atom. The lowest BCUT2D eigenvalue weighted by molar-refractivity contribution is -0.146. The van der Waals surface area contributed by atoms with Crippen LogP contribution in [0, 0.1) is 0 Å². The summed E-state index contributed by atoms with van der Waals surface area (Å²) in [5.74, 6) is 0.0267. The molecule has 0 spiro atoms. The van der Waals surface area contributed by atoms with Crippen molar-refractivity contribution in [2.45, 2.75) is 24.9 Å². The lowest BCUT2D eigenvalue weighted by Gasteiger charge is -2.34. The summed E-state index contributed by atoms with van der Waals surface area (Å²) in [6, 6.07) is 10.3. The molecule has 1 saturated heterocycles. The van der Waals surface area contributed by atoms with Crippen molar-refractivity contribution < 1.29 is 9.53 Å². The standard InChI is InChI=1S/C17H27N3O2.2ClH/c1-20(15-7-4-3-5-8-15)14-6-11-19-16(21)17(22-2)9-12-18-13-10-17;;/h3-5,7-8,18H,6,9-14H2,1-2H3,(H,19,21);2*1H. The molecule has 0 aromatic heterocycles. The van der Waals surface area contributed by atoms with Gasteiger partial charge in [0.05, 0.1) is 0 Å². The van der Waals surface area contributed by atoms with E-state index in [9.17, 15) is 4.79 Å². The predicted octanol–water partition coefficient (Wildman–Crippen LogP) is 2.24. The second kappa shape index (κ2) is 11.5. The normalized spacial score (nSPS) is 15.6. The number of hydrogen-bond acceptors (Lipinski definition) is 4. The monoisotopic (exact) mass is 377 g/mol. The zero-order valence-electron chi connectivity index (χ0n) is 14.4. The molecule has 0 saturated carbocycles. The summed E-state index contributed by atoms with van der Waals surface area (Å²) < 4.78 is 5.53. The molecule has 0 aliphatic carbocycles. The summed E-state index contributed by atoms with van der Waals surface area (Å²) >= 11 is 0. The molecule has 2 rings (SSSR count). The number of para-hydroxylation sites is 1. The Balaban J connectivity index is 0.00000264. The molecule has 2 N–H and O–H groups in total. The van der Waals surface area contributed by atoms with Gasteiger partial charge in [-0.1, -0.05) is 18.2 Å². The van der Waals surface area contributed by atoms with Crippen LogP contribution in [0.2, 0.25) is 0 Å². The molecule has 5 nitrogen and oxygen atoms in total. The van der Waals surface area contributed by atoms with Gasteiger partial charge < -0.3 is 20.3 Å². The van der Waals surface area contributed by atoms with E-state index in [4.69, 9.17) is 4.74 Å². The first-order valence-corrected chi connectivity index (χ1v) is 7.98. The molecule has 1 heterocycles. The highest BCUT2D eigenvalue weighted by molar-refractivity contribution is 5.86. The van der Waals surface area contributed by atoms with Crippen molar-refractivity contribution in [2.24, 2.45) is 0 Å². The molecule has 0 unspecified atom stereocenters. The van der Waals surface area contributed by atoms with Crippen molar-refractivity contribution in [2.75, 3.05) is 45.2 Å². The number of methoxy groups -OCH3 is 1. The number of nitrogens with zero attached hydrogens (tertiary/aromatic N) is 1. The van der Waals surface area contributed by atoms with Crippen LogP contribution in [-0.4, -0.2) is 51.8 Å². The van der Waals surface area contributed by atoms with Crippen molar-refractivity contribution >= 4 is 36.4 Å². The third-order valence-electron chi connectivity index (χ3n) is 4.37. The fourth-order valence-electron chi connectivity index (χ4n) is 2.85. The van der Waals surface area contributed by atoms with Gasteiger partial charge in [-0.3, -0.25) is 4.79 Å². The number of nitrogens with one attached hydrogen (secondary N) is 2. The molecule has 1 fully saturated rings. The van der Waals surface area contributed by atoms with Crippen LogP contribution in [0.25, 0.3) is 0 Å². The molecular formula is C17H29Cl2N3O2. The van der Waals surface area contributed by atoms with Gasteiger partial charge in [0.1, 0.15) is 5.60 Å². The molecule has 0 radical (unpaired) electrons. The Hall–Kier alpha value is -1.01. The smallest absolute Gasteiger partial charge is 0.252 e. The zero-order chi connectivity index (χ0) is 15.8. The summed E-state index contributed by atoms with van der Waals surface area (Å²) in [7, 11) is 3.70. The van der Waals surface area contributed by atoms with E-state index in [1.807, 2.05) is 18.2 Å². The van der Waals surface area contributed by atoms with Gasteiger partial charge in [-0.05, 0) is 44.5 Å². The molecule has 0 bridgehead atoms. The Morgan fingerprint density at radius 3 is 2.46 bits per heavy atom. The highest BCUT2D eigenvalue weighted by Crippen LogP contribution is 2.22. The Labute approximate surface area is 157 Å².